The first-order valence-corrected chi connectivity index (χ1v) is 10.7. The average Bonchev–Trinajstić information content (AvgIpc) is 3.24. The Kier molecular flexibility index (Phi) is 12.3. The van der Waals surface area contributed by atoms with Crippen molar-refractivity contribution in [2.45, 2.75) is 30.1 Å². The maximum Gasteiger partial charge on any atom is 0.355 e. The first-order valence-electron chi connectivity index (χ1n) is 8.79. The third-order valence-electron chi connectivity index (χ3n) is 3.85. The number of nitrogens with one attached hydrogen (secondary N) is 1. The summed E-state index contributed by atoms with van der Waals surface area (Å²) in [5.41, 5.74) is 0.0908. The van der Waals surface area contributed by atoms with Crippen LogP contribution in [0.25, 0.3) is 0 Å². The molecule has 1 atom stereocenters. The first kappa shape index (κ1) is 23.8. The molecule has 2 heterocycles. The fourth-order valence-electron chi connectivity index (χ4n) is 2.35. The number of aromatic nitrogens is 1. The van der Waals surface area contributed by atoms with Gasteiger partial charge in [-0.2, -0.15) is 0 Å². The highest BCUT2D eigenvalue weighted by Gasteiger charge is 2.26. The van der Waals surface area contributed by atoms with Gasteiger partial charge in [-0.15, -0.1) is 11.3 Å². The van der Waals surface area contributed by atoms with Crippen molar-refractivity contribution >= 4 is 35.0 Å². The highest BCUT2D eigenvalue weighted by molar-refractivity contribution is 8.01. The molecule has 1 aromatic rings. The molecule has 0 saturated carbocycles. The molecule has 1 saturated heterocycles. The van der Waals surface area contributed by atoms with E-state index in [1.807, 2.05) is 4.90 Å². The number of carboxylic acids is 1. The second kappa shape index (κ2) is 13.9. The summed E-state index contributed by atoms with van der Waals surface area (Å²) in [6, 6.07) is 0.323. The van der Waals surface area contributed by atoms with Crippen molar-refractivity contribution in [3.63, 3.8) is 0 Å². The van der Waals surface area contributed by atoms with E-state index in [-0.39, 0.29) is 11.6 Å². The van der Waals surface area contributed by atoms with Gasteiger partial charge in [0.2, 0.25) is 5.91 Å². The van der Waals surface area contributed by atoms with E-state index in [0.29, 0.717) is 19.0 Å². The van der Waals surface area contributed by atoms with E-state index < -0.39 is 5.97 Å². The molecule has 1 fully saturated rings. The number of rotatable bonds is 11. The van der Waals surface area contributed by atoms with Gasteiger partial charge in [0.15, 0.2) is 10.0 Å². The van der Waals surface area contributed by atoms with E-state index in [0.717, 1.165) is 42.8 Å². The van der Waals surface area contributed by atoms with Gasteiger partial charge in [-0.3, -0.25) is 4.79 Å². The van der Waals surface area contributed by atoms with Gasteiger partial charge in [-0.25, -0.2) is 9.78 Å². The molecule has 27 heavy (non-hydrogen) atoms. The normalized spacial score (nSPS) is 16.3. The molecule has 0 spiro atoms. The van der Waals surface area contributed by atoms with E-state index in [1.165, 1.54) is 28.5 Å². The Bertz CT molecular complexity index is 565. The largest absolute Gasteiger partial charge is 0.476 e. The average molecular weight is 420 g/mol. The summed E-state index contributed by atoms with van der Waals surface area (Å²) in [6.45, 7) is 6.10. The minimum Gasteiger partial charge on any atom is -0.476 e. The van der Waals surface area contributed by atoms with Crippen molar-refractivity contribution < 1.29 is 24.2 Å². The van der Waals surface area contributed by atoms with Crippen LogP contribution in [0.2, 0.25) is 0 Å². The number of carbonyl (C=O) groups is 2. The second-order valence-electron chi connectivity index (χ2n) is 5.86. The van der Waals surface area contributed by atoms with Crippen molar-refractivity contribution in [1.82, 2.24) is 15.2 Å². The molecule has 0 aromatic carbocycles. The zero-order chi connectivity index (χ0) is 20.1. The molecule has 1 aliphatic rings. The molecule has 154 valence electrons. The molecule has 1 amide bonds. The summed E-state index contributed by atoms with van der Waals surface area (Å²) in [6.07, 6.45) is 1.58. The second-order valence-corrected chi connectivity index (χ2v) is 8.06. The fraction of sp³-hybridized carbons (Fsp3) is 0.706. The van der Waals surface area contributed by atoms with Gasteiger partial charge < -0.3 is 24.8 Å². The van der Waals surface area contributed by atoms with E-state index in [4.69, 9.17) is 14.6 Å². The summed E-state index contributed by atoms with van der Waals surface area (Å²) in [7, 11) is 3.38. The van der Waals surface area contributed by atoms with Gasteiger partial charge in [-0.1, -0.05) is 11.8 Å². The number of amides is 1. The van der Waals surface area contributed by atoms with Crippen LogP contribution in [0.15, 0.2) is 9.72 Å². The van der Waals surface area contributed by atoms with Gasteiger partial charge in [0.05, 0.1) is 13.2 Å². The highest BCUT2D eigenvalue weighted by atomic mass is 32.2. The Morgan fingerprint density at radius 2 is 2.07 bits per heavy atom. The number of aromatic carboxylic acids is 1. The fourth-order valence-corrected chi connectivity index (χ4v) is 4.16. The van der Waals surface area contributed by atoms with E-state index in [1.54, 1.807) is 14.2 Å². The van der Waals surface area contributed by atoms with Crippen LogP contribution in [0.3, 0.4) is 0 Å². The van der Waals surface area contributed by atoms with Gasteiger partial charge in [-0.05, 0) is 13.3 Å². The number of hydrogen-bond acceptors (Lipinski definition) is 8. The molecule has 0 aliphatic carbocycles. The van der Waals surface area contributed by atoms with Crippen molar-refractivity contribution in [1.29, 1.82) is 0 Å². The topological polar surface area (TPSA) is 101 Å². The minimum atomic E-state index is -0.999. The van der Waals surface area contributed by atoms with Crippen LogP contribution in [-0.4, -0.2) is 85.7 Å². The lowest BCUT2D eigenvalue weighted by molar-refractivity contribution is -0.128. The summed E-state index contributed by atoms with van der Waals surface area (Å²) in [5.74, 6) is -0.0299. The van der Waals surface area contributed by atoms with Crippen LogP contribution in [0.1, 0.15) is 30.3 Å². The van der Waals surface area contributed by atoms with Crippen molar-refractivity contribution in [3.8, 4) is 0 Å². The van der Waals surface area contributed by atoms with E-state index in [9.17, 15) is 9.59 Å². The van der Waals surface area contributed by atoms with Gasteiger partial charge in [0.1, 0.15) is 0 Å². The number of hydrogen-bond donors (Lipinski definition) is 2. The van der Waals surface area contributed by atoms with Crippen molar-refractivity contribution in [2.75, 3.05) is 52.8 Å². The maximum atomic E-state index is 11.5. The van der Waals surface area contributed by atoms with Gasteiger partial charge in [0, 0.05) is 57.4 Å². The van der Waals surface area contributed by atoms with E-state index >= 15 is 0 Å². The number of methoxy groups -OCH3 is 2. The van der Waals surface area contributed by atoms with Crippen LogP contribution in [0, 0.1) is 0 Å². The van der Waals surface area contributed by atoms with Crippen molar-refractivity contribution in [2.24, 2.45) is 0 Å². The third kappa shape index (κ3) is 9.52. The lowest BCUT2D eigenvalue weighted by Crippen LogP contribution is -2.32. The summed E-state index contributed by atoms with van der Waals surface area (Å²) < 4.78 is 10.4. The standard InChI is InChI=1S/C11H14N2O3S2.C6H15NO2/c1-7-2-3-9(14)13(7)4-5-17-11-12-8(6-18-11)10(15)16;1-8-5-3-7-4-6-9-2/h6-7H,2-5H2,1H3,(H,15,16);7H,3-6H2,1-2H3/t7-;/m1./s1. The smallest absolute Gasteiger partial charge is 0.355 e. The summed E-state index contributed by atoms with van der Waals surface area (Å²) >= 11 is 2.83. The monoisotopic (exact) mass is 419 g/mol. The Balaban J connectivity index is 0.000000345. The van der Waals surface area contributed by atoms with Crippen LogP contribution >= 0.6 is 23.1 Å². The maximum absolute atomic E-state index is 11.5. The van der Waals surface area contributed by atoms with Gasteiger partial charge >= 0.3 is 5.97 Å². The predicted molar refractivity (Wildman–Crippen MR) is 107 cm³/mol. The number of likely N-dealkylation sites (tertiary alicyclic amines) is 1. The number of thioether (sulfide) groups is 1. The third-order valence-corrected chi connectivity index (χ3v) is 5.86. The molecule has 2 rings (SSSR count). The Morgan fingerprint density at radius 1 is 1.41 bits per heavy atom. The minimum absolute atomic E-state index is 0.0908. The van der Waals surface area contributed by atoms with Crippen LogP contribution < -0.4 is 5.32 Å². The molecule has 0 radical (unpaired) electrons. The van der Waals surface area contributed by atoms with Gasteiger partial charge in [0.25, 0.3) is 0 Å². The van der Waals surface area contributed by atoms with Crippen molar-refractivity contribution in [3.05, 3.63) is 11.1 Å². The molecular weight excluding hydrogens is 390 g/mol. The molecule has 8 nitrogen and oxygen atoms in total. The Labute approximate surface area is 168 Å². The van der Waals surface area contributed by atoms with E-state index in [2.05, 4.69) is 17.2 Å². The number of carboxylic acid groups (broad SMARTS) is 1. The number of thiazole rings is 1. The quantitative estimate of drug-likeness (QED) is 0.414. The predicted octanol–water partition coefficient (Wildman–Crippen LogP) is 1.81. The molecule has 10 heteroatoms. The zero-order valence-corrected chi connectivity index (χ0v) is 17.7. The lowest BCUT2D eigenvalue weighted by Gasteiger charge is -2.20. The van der Waals surface area contributed by atoms with Crippen LogP contribution in [0.4, 0.5) is 0 Å². The Morgan fingerprint density at radius 3 is 2.56 bits per heavy atom. The molecule has 0 unspecified atom stereocenters. The first-order chi connectivity index (χ1) is 13.0. The zero-order valence-electron chi connectivity index (χ0n) is 16.1. The highest BCUT2D eigenvalue weighted by Crippen LogP contribution is 2.24. The number of ether oxygens (including phenoxy) is 2. The molecule has 2 N–H and O–H groups in total. The number of nitrogens with zero attached hydrogens (tertiary/aromatic N) is 2. The SMILES string of the molecule is COCCNCCOC.C[C@@H]1CCC(=O)N1CCSc1nc(C(=O)O)cs1. The molecule has 0 bridgehead atoms. The molecular formula is C17H29N3O5S2. The van der Waals surface area contributed by atoms with Crippen LogP contribution in [0.5, 0.6) is 0 Å². The number of carbonyl (C=O) groups excluding carboxylic acids is 1. The lowest BCUT2D eigenvalue weighted by atomic mass is 10.2. The molecule has 1 aliphatic heterocycles. The Hall–Kier alpha value is -1.20. The summed E-state index contributed by atoms with van der Waals surface area (Å²) in [4.78, 5) is 28.1. The molecule has 1 aromatic heterocycles. The summed E-state index contributed by atoms with van der Waals surface area (Å²) in [5, 5.41) is 13.4. The van der Waals surface area contributed by atoms with Crippen LogP contribution in [-0.2, 0) is 14.3 Å².